The third-order valence-corrected chi connectivity index (χ3v) is 12.7. The van der Waals surface area contributed by atoms with E-state index in [9.17, 15) is 29.1 Å². The van der Waals surface area contributed by atoms with Crippen LogP contribution < -0.4 is 16.1 Å². The molecule has 342 valence electrons. The molecule has 2 fully saturated rings. The van der Waals surface area contributed by atoms with E-state index in [1.807, 2.05) is 38.2 Å². The topological polar surface area (TPSA) is 188 Å². The molecular weight excluding hydrogens is 813 g/mol. The summed E-state index contributed by atoms with van der Waals surface area (Å²) in [4.78, 5) is 76.6. The fourth-order valence-corrected chi connectivity index (χ4v) is 9.32. The second-order valence-corrected chi connectivity index (χ2v) is 19.2. The summed E-state index contributed by atoms with van der Waals surface area (Å²) >= 11 is 0. The number of aryl methyl sites for hydroxylation is 1. The number of cyclic esters (lactones) is 1. The Kier molecular flexibility index (Phi) is 13.5. The summed E-state index contributed by atoms with van der Waals surface area (Å²) in [5.74, 6) is -2.34. The zero-order valence-electron chi connectivity index (χ0n) is 38.7. The second-order valence-electron chi connectivity index (χ2n) is 19.2. The number of hydrazine groups is 1. The van der Waals surface area contributed by atoms with E-state index in [0.717, 1.165) is 44.5 Å². The number of pyridine rings is 1. The summed E-state index contributed by atoms with van der Waals surface area (Å²) in [7, 11) is 3.08. The standard InChI is InChI=1S/C49H64N8O7/c1-10-56-40-16-15-31-23-35(40)36(44(56)34-13-11-17-50-42(34)28(2)3)24-49(6,7)27-64-48(63)37-14-12-18-57(53-37)47(62)38(21-30-19-32(31)22-33(58)20-30)52-45(60)43(29(4)5)55(9)41(59)26-54(8)46(61)39-25-51-39/h11,13,15-17,19-20,22-23,28-29,37-39,43,51,53,58H,10,12,14,18,21,24-27H2,1-9H3,(H,52,60)/t37-,38-,39-,43-/m0/s1. The van der Waals surface area contributed by atoms with Gasteiger partial charge in [0.25, 0.3) is 5.91 Å². The van der Waals surface area contributed by atoms with Crippen LogP contribution in [-0.4, -0.2) is 124 Å². The molecule has 64 heavy (non-hydrogen) atoms. The third kappa shape index (κ3) is 9.80. The molecule has 2 saturated heterocycles. The average Bonchev–Trinajstić information content (AvgIpc) is 4.07. The molecule has 3 aliphatic rings. The SMILES string of the molecule is CCn1c(-c2cccnc2C(C)C)c2c3cc(ccc31)-c1cc(O)cc(c1)C[C@H](NC(=O)[C@H](C(C)C)N(C)C(=O)CN(C)C(=O)[C@@H]1CN1)C(=O)N1CCC[C@H](N1)C(=O)OCC(C)(C)C2. The van der Waals surface area contributed by atoms with Crippen LogP contribution in [0, 0.1) is 11.3 Å². The lowest BCUT2D eigenvalue weighted by atomic mass is 9.83. The summed E-state index contributed by atoms with van der Waals surface area (Å²) < 4.78 is 8.42. The molecule has 0 saturated carbocycles. The van der Waals surface area contributed by atoms with Crippen molar-refractivity contribution in [1.82, 2.24) is 40.4 Å². The van der Waals surface area contributed by atoms with Crippen molar-refractivity contribution in [2.75, 3.05) is 40.3 Å². The number of benzene rings is 2. The number of carbonyl (C=O) groups excluding carboxylic acids is 5. The van der Waals surface area contributed by atoms with Crippen molar-refractivity contribution in [3.63, 3.8) is 0 Å². The number of fused-ring (bicyclic) bond motifs is 6. The fourth-order valence-electron chi connectivity index (χ4n) is 9.32. The van der Waals surface area contributed by atoms with E-state index < -0.39 is 47.2 Å². The Bertz CT molecular complexity index is 2440. The number of aromatic hydroxyl groups is 1. The summed E-state index contributed by atoms with van der Waals surface area (Å²) in [6.45, 7) is 15.7. The van der Waals surface area contributed by atoms with Crippen LogP contribution in [-0.2, 0) is 48.1 Å². The van der Waals surface area contributed by atoms with Gasteiger partial charge >= 0.3 is 5.97 Å². The molecule has 2 aromatic carbocycles. The Hall–Kier alpha value is -5.80. The number of amides is 4. The van der Waals surface area contributed by atoms with E-state index in [4.69, 9.17) is 9.72 Å². The maximum Gasteiger partial charge on any atom is 0.324 e. The molecular formula is C49H64N8O7. The smallest absolute Gasteiger partial charge is 0.324 e. The van der Waals surface area contributed by atoms with E-state index in [2.05, 4.69) is 73.4 Å². The van der Waals surface area contributed by atoms with Gasteiger partial charge in [0.05, 0.1) is 30.6 Å². The Morgan fingerprint density at radius 1 is 1.05 bits per heavy atom. The monoisotopic (exact) mass is 876 g/mol. The molecule has 0 aliphatic carbocycles. The van der Waals surface area contributed by atoms with Crippen LogP contribution in [0.5, 0.6) is 5.75 Å². The maximum atomic E-state index is 14.6. The minimum Gasteiger partial charge on any atom is -0.508 e. The molecule has 2 aromatic heterocycles. The predicted molar refractivity (Wildman–Crippen MR) is 245 cm³/mol. The zero-order valence-corrected chi connectivity index (χ0v) is 38.7. The molecule has 0 radical (unpaired) electrons. The minimum atomic E-state index is -1.16. The number of phenolic OH excluding ortho intramolecular Hbond substituents is 1. The summed E-state index contributed by atoms with van der Waals surface area (Å²) in [6.07, 6.45) is 3.36. The van der Waals surface area contributed by atoms with Gasteiger partial charge in [-0.15, -0.1) is 0 Å². The van der Waals surface area contributed by atoms with E-state index >= 15 is 0 Å². The number of ether oxygens (including phenoxy) is 1. The Morgan fingerprint density at radius 2 is 1.80 bits per heavy atom. The molecule has 4 atom stereocenters. The lowest BCUT2D eigenvalue weighted by molar-refractivity contribution is -0.155. The number of nitrogens with one attached hydrogen (secondary N) is 3. The van der Waals surface area contributed by atoms with Crippen LogP contribution >= 0.6 is 0 Å². The Balaban J connectivity index is 1.31. The maximum absolute atomic E-state index is 14.6. The highest BCUT2D eigenvalue weighted by atomic mass is 16.5. The van der Waals surface area contributed by atoms with Gasteiger partial charge < -0.3 is 34.8 Å². The summed E-state index contributed by atoms with van der Waals surface area (Å²) in [6, 6.07) is 12.3. The van der Waals surface area contributed by atoms with Gasteiger partial charge in [-0.2, -0.15) is 0 Å². The molecule has 4 N–H and O–H groups in total. The second kappa shape index (κ2) is 18.7. The van der Waals surface area contributed by atoms with Gasteiger partial charge in [0.1, 0.15) is 23.9 Å². The number of phenols is 1. The molecule has 7 rings (SSSR count). The molecule has 4 amide bonds. The number of nitrogens with zero attached hydrogens (tertiary/aromatic N) is 5. The number of hydrogen-bond acceptors (Lipinski definition) is 10. The van der Waals surface area contributed by atoms with Gasteiger partial charge in [-0.25, -0.2) is 5.43 Å². The van der Waals surface area contributed by atoms with E-state index in [1.165, 1.54) is 21.9 Å². The van der Waals surface area contributed by atoms with E-state index in [0.29, 0.717) is 37.9 Å². The van der Waals surface area contributed by atoms with Gasteiger partial charge in [0, 0.05) is 68.2 Å². The van der Waals surface area contributed by atoms with Crippen LogP contribution in [0.3, 0.4) is 0 Å². The lowest BCUT2D eigenvalue weighted by Gasteiger charge is -2.37. The van der Waals surface area contributed by atoms with Crippen molar-refractivity contribution in [2.24, 2.45) is 11.3 Å². The first-order valence-electron chi connectivity index (χ1n) is 22.6. The highest BCUT2D eigenvalue weighted by molar-refractivity contribution is 5.96. The molecule has 15 heteroatoms. The Morgan fingerprint density at radius 3 is 2.48 bits per heavy atom. The van der Waals surface area contributed by atoms with Crippen molar-refractivity contribution in [3.8, 4) is 28.1 Å². The first-order valence-corrected chi connectivity index (χ1v) is 22.6. The number of esters is 1. The number of carbonyl (C=O) groups is 5. The largest absolute Gasteiger partial charge is 0.508 e. The number of likely N-dealkylation sites (N-methyl/N-ethyl adjacent to an activating group) is 2. The van der Waals surface area contributed by atoms with Gasteiger partial charge in [0.15, 0.2) is 0 Å². The van der Waals surface area contributed by atoms with Gasteiger partial charge in [-0.1, -0.05) is 53.7 Å². The van der Waals surface area contributed by atoms with Crippen LogP contribution in [0.4, 0.5) is 0 Å². The van der Waals surface area contributed by atoms with Crippen molar-refractivity contribution in [2.45, 2.75) is 111 Å². The Labute approximate surface area is 375 Å². The van der Waals surface area contributed by atoms with Gasteiger partial charge in [-0.05, 0) is 96.7 Å². The first-order chi connectivity index (χ1) is 30.4. The van der Waals surface area contributed by atoms with Crippen molar-refractivity contribution in [3.05, 3.63) is 71.5 Å². The molecule has 0 unspecified atom stereocenters. The molecule has 15 nitrogen and oxygen atoms in total. The molecule has 6 bridgehead atoms. The molecule has 5 heterocycles. The van der Waals surface area contributed by atoms with E-state index in [-0.39, 0.29) is 55.7 Å². The average molecular weight is 877 g/mol. The fraction of sp³-hybridized carbons (Fsp3) is 0.510. The summed E-state index contributed by atoms with van der Waals surface area (Å²) in [5, 5.41) is 19.6. The van der Waals surface area contributed by atoms with E-state index in [1.54, 1.807) is 19.2 Å². The number of hydrogen-bond donors (Lipinski definition) is 4. The van der Waals surface area contributed by atoms with Crippen LogP contribution in [0.2, 0.25) is 0 Å². The molecule has 4 aromatic rings. The van der Waals surface area contributed by atoms with Crippen LogP contribution in [0.15, 0.2) is 54.7 Å². The molecule has 3 aliphatic heterocycles. The van der Waals surface area contributed by atoms with Gasteiger partial charge in [-0.3, -0.25) is 34.0 Å². The summed E-state index contributed by atoms with van der Waals surface area (Å²) in [5.41, 5.74) is 10.0. The third-order valence-electron chi connectivity index (χ3n) is 12.7. The number of rotatable bonds is 10. The number of aromatic nitrogens is 2. The normalized spacial score (nSPS) is 20.4. The van der Waals surface area contributed by atoms with Crippen molar-refractivity contribution >= 4 is 40.5 Å². The predicted octanol–water partition coefficient (Wildman–Crippen LogP) is 4.78. The van der Waals surface area contributed by atoms with Crippen molar-refractivity contribution in [1.29, 1.82) is 0 Å². The lowest BCUT2D eigenvalue weighted by Crippen LogP contribution is -2.62. The zero-order chi connectivity index (χ0) is 46.2. The highest BCUT2D eigenvalue weighted by Crippen LogP contribution is 2.42. The highest BCUT2D eigenvalue weighted by Gasteiger charge is 2.39. The molecule has 0 spiro atoms. The van der Waals surface area contributed by atoms with Crippen molar-refractivity contribution < 1.29 is 33.8 Å². The first kappa shape index (κ1) is 46.2. The minimum absolute atomic E-state index is 0.00556. The van der Waals surface area contributed by atoms with Gasteiger partial charge in [0.2, 0.25) is 17.7 Å². The quantitative estimate of drug-likeness (QED) is 0.128. The van der Waals surface area contributed by atoms with Crippen LogP contribution in [0.25, 0.3) is 33.3 Å². The van der Waals surface area contributed by atoms with Crippen LogP contribution in [0.1, 0.15) is 84.0 Å².